The molecule has 0 amide bonds. The van der Waals surface area contributed by atoms with E-state index >= 15 is 0 Å². The van der Waals surface area contributed by atoms with E-state index in [0.717, 1.165) is 11.3 Å². The summed E-state index contributed by atoms with van der Waals surface area (Å²) >= 11 is 1.88. The van der Waals surface area contributed by atoms with Crippen LogP contribution in [0, 0.1) is 0 Å². The number of rotatable bonds is 2. The Labute approximate surface area is 227 Å². The Morgan fingerprint density at radius 2 is 1.11 bits per heavy atom. The van der Waals surface area contributed by atoms with Crippen molar-refractivity contribution in [3.63, 3.8) is 0 Å². The van der Waals surface area contributed by atoms with Crippen LogP contribution in [0.4, 0.5) is 0 Å². The second kappa shape index (κ2) is 9.52. The number of allylic oxidation sites excluding steroid dienone is 4. The molecule has 180 valence electrons. The second-order valence-electron chi connectivity index (χ2n) is 9.74. The van der Waals surface area contributed by atoms with E-state index in [0.29, 0.717) is 0 Å². The number of hydrogen-bond donors (Lipinski definition) is 0. The third-order valence-electron chi connectivity index (χ3n) is 7.48. The molecule has 6 aromatic carbocycles. The summed E-state index contributed by atoms with van der Waals surface area (Å²) in [5.41, 5.74) is 7.21. The third kappa shape index (κ3) is 3.88. The molecule has 6 aromatic rings. The maximum atomic E-state index is 4.34. The van der Waals surface area contributed by atoms with Crippen molar-refractivity contribution in [3.05, 3.63) is 146 Å². The van der Waals surface area contributed by atoms with E-state index < -0.39 is 0 Å². The van der Waals surface area contributed by atoms with Gasteiger partial charge in [0.05, 0.1) is 0 Å². The van der Waals surface area contributed by atoms with Gasteiger partial charge in [-0.3, -0.25) is 0 Å². The molecule has 0 saturated carbocycles. The van der Waals surface area contributed by atoms with E-state index in [1.165, 1.54) is 65.0 Å². The highest BCUT2D eigenvalue weighted by Crippen LogP contribution is 2.40. The molecule has 0 radical (unpaired) electrons. The van der Waals surface area contributed by atoms with Crippen LogP contribution in [0.3, 0.4) is 0 Å². The third-order valence-corrected chi connectivity index (χ3v) is 8.57. The molecular weight excluding hydrogens is 476 g/mol. The molecule has 1 heteroatoms. The van der Waals surface area contributed by atoms with Crippen molar-refractivity contribution in [1.29, 1.82) is 0 Å². The molecule has 0 nitrogen and oxygen atoms in total. The van der Waals surface area contributed by atoms with Gasteiger partial charge in [-0.25, -0.2) is 0 Å². The monoisotopic (exact) mass is 502 g/mol. The predicted molar refractivity (Wildman–Crippen MR) is 168 cm³/mol. The molecule has 0 spiro atoms. The first-order chi connectivity index (χ1) is 18.8. The van der Waals surface area contributed by atoms with Crippen molar-refractivity contribution >= 4 is 49.7 Å². The first kappa shape index (κ1) is 22.8. The van der Waals surface area contributed by atoms with Gasteiger partial charge in [-0.05, 0) is 77.8 Å². The maximum absolute atomic E-state index is 4.34. The molecule has 1 heterocycles. The van der Waals surface area contributed by atoms with Gasteiger partial charge in [-0.15, -0.1) is 11.8 Å². The van der Waals surface area contributed by atoms with Crippen molar-refractivity contribution in [1.82, 2.24) is 0 Å². The highest BCUT2D eigenvalue weighted by molar-refractivity contribution is 7.99. The van der Waals surface area contributed by atoms with Crippen LogP contribution in [-0.4, -0.2) is 5.75 Å². The largest absolute Gasteiger partial charge is 0.121 e. The minimum Gasteiger partial charge on any atom is -0.121 e. The number of benzene rings is 6. The quantitative estimate of drug-likeness (QED) is 0.212. The molecule has 0 aromatic heterocycles. The molecule has 38 heavy (non-hydrogen) atoms. The van der Waals surface area contributed by atoms with Gasteiger partial charge in [0.1, 0.15) is 0 Å². The van der Waals surface area contributed by atoms with E-state index in [4.69, 9.17) is 0 Å². The predicted octanol–water partition coefficient (Wildman–Crippen LogP) is 10.7. The first-order valence-electron chi connectivity index (χ1n) is 13.0. The van der Waals surface area contributed by atoms with Crippen molar-refractivity contribution < 1.29 is 0 Å². The van der Waals surface area contributed by atoms with Gasteiger partial charge in [0.15, 0.2) is 0 Å². The Hall–Kier alpha value is -4.33. The molecule has 7 rings (SSSR count). The molecule has 0 atom stereocenters. The summed E-state index contributed by atoms with van der Waals surface area (Å²) < 4.78 is 0. The van der Waals surface area contributed by atoms with Gasteiger partial charge in [0.2, 0.25) is 0 Å². The van der Waals surface area contributed by atoms with Crippen LogP contribution in [0.25, 0.3) is 60.1 Å². The Kier molecular flexibility index (Phi) is 5.72. The van der Waals surface area contributed by atoms with E-state index in [1.54, 1.807) is 0 Å². The zero-order chi connectivity index (χ0) is 25.5. The number of fused-ring (bicyclic) bond motifs is 7. The van der Waals surface area contributed by atoms with Crippen LogP contribution in [-0.2, 0) is 0 Å². The van der Waals surface area contributed by atoms with Gasteiger partial charge in [-0.1, -0.05) is 128 Å². The molecule has 0 aliphatic carbocycles. The Morgan fingerprint density at radius 3 is 1.87 bits per heavy atom. The van der Waals surface area contributed by atoms with Crippen molar-refractivity contribution in [2.75, 3.05) is 5.75 Å². The highest BCUT2D eigenvalue weighted by Gasteiger charge is 2.14. The molecule has 1 aliphatic rings. The van der Waals surface area contributed by atoms with E-state index in [-0.39, 0.29) is 0 Å². The van der Waals surface area contributed by atoms with Gasteiger partial charge >= 0.3 is 0 Å². The normalized spacial score (nSPS) is 15.1. The van der Waals surface area contributed by atoms with Crippen molar-refractivity contribution in [2.45, 2.75) is 4.90 Å². The maximum Gasteiger partial charge on any atom is 0.0232 e. The van der Waals surface area contributed by atoms with Gasteiger partial charge in [0, 0.05) is 10.6 Å². The van der Waals surface area contributed by atoms with Gasteiger partial charge in [0.25, 0.3) is 0 Å². The van der Waals surface area contributed by atoms with Crippen molar-refractivity contribution in [3.8, 4) is 22.3 Å². The average Bonchev–Trinajstić information content (AvgIpc) is 3.07. The zero-order valence-electron chi connectivity index (χ0n) is 21.0. The Bertz CT molecular complexity index is 1900. The van der Waals surface area contributed by atoms with Crippen molar-refractivity contribution in [2.24, 2.45) is 0 Å². The fourth-order valence-electron chi connectivity index (χ4n) is 5.65. The fraction of sp³-hybridized carbons (Fsp3) is 0.0270. The molecule has 0 fully saturated rings. The lowest BCUT2D eigenvalue weighted by atomic mass is 9.91. The lowest BCUT2D eigenvalue weighted by Crippen LogP contribution is -1.91. The minimum atomic E-state index is 0.938. The summed E-state index contributed by atoms with van der Waals surface area (Å²) in [6.07, 6.45) is 8.50. The fourth-order valence-corrected chi connectivity index (χ4v) is 6.72. The van der Waals surface area contributed by atoms with E-state index in [9.17, 15) is 0 Å². The van der Waals surface area contributed by atoms with Crippen LogP contribution in [0.2, 0.25) is 0 Å². The van der Waals surface area contributed by atoms with Gasteiger partial charge < -0.3 is 0 Å². The molecule has 1 aliphatic heterocycles. The summed E-state index contributed by atoms with van der Waals surface area (Å²) in [7, 11) is 0. The summed E-state index contributed by atoms with van der Waals surface area (Å²) in [6.45, 7) is 4.34. The van der Waals surface area contributed by atoms with Crippen LogP contribution in [0.5, 0.6) is 0 Å². The van der Waals surface area contributed by atoms with Gasteiger partial charge in [-0.2, -0.15) is 0 Å². The number of hydrogen-bond acceptors (Lipinski definition) is 1. The van der Waals surface area contributed by atoms with Crippen LogP contribution >= 0.6 is 11.8 Å². The van der Waals surface area contributed by atoms with Crippen LogP contribution in [0.15, 0.2) is 145 Å². The Morgan fingerprint density at radius 1 is 0.500 bits per heavy atom. The zero-order valence-corrected chi connectivity index (χ0v) is 21.8. The van der Waals surface area contributed by atoms with Crippen LogP contribution < -0.4 is 0 Å². The number of thioether (sulfide) groups is 1. The van der Waals surface area contributed by atoms with E-state index in [2.05, 4.69) is 140 Å². The second-order valence-corrected chi connectivity index (χ2v) is 10.8. The summed E-state index contributed by atoms with van der Waals surface area (Å²) in [4.78, 5) is 1.29. The standard InChI is InChI=1S/C37H26S/c1-25-11-3-2-8-22-38-37-29(25)18-10-19-30(37)28-13-9-12-26(23-28)27-20-21-35-33-16-5-4-14-31(33)32-15-6-7-17-34(32)36(35)24-27/h2-21,23-24H,1,22H2/b8-2-,11-3-. The minimum absolute atomic E-state index is 0.938. The smallest absolute Gasteiger partial charge is 0.0232 e. The highest BCUT2D eigenvalue weighted by atomic mass is 32.2. The summed E-state index contributed by atoms with van der Waals surface area (Å²) in [5.74, 6) is 0.938. The lowest BCUT2D eigenvalue weighted by Gasteiger charge is -2.16. The molecular formula is C37H26S. The molecule has 0 unspecified atom stereocenters. The molecule has 0 saturated heterocycles. The van der Waals surface area contributed by atoms with E-state index in [1.807, 2.05) is 11.8 Å². The topological polar surface area (TPSA) is 0 Å². The molecule has 0 bridgehead atoms. The van der Waals surface area contributed by atoms with Crippen LogP contribution in [0.1, 0.15) is 5.56 Å². The summed E-state index contributed by atoms with van der Waals surface area (Å²) in [5, 5.41) is 7.83. The summed E-state index contributed by atoms with van der Waals surface area (Å²) in [6, 6.07) is 40.0. The Balaban J connectivity index is 1.40. The first-order valence-corrected chi connectivity index (χ1v) is 14.0. The average molecular weight is 503 g/mol. The molecule has 0 N–H and O–H groups in total. The SMILES string of the molecule is C=C1/C=C\C=C/CSc2c1cccc2-c1cccc(-c2ccc3c4ccccc4c4ccccc4c3c2)c1. The lowest BCUT2D eigenvalue weighted by molar-refractivity contribution is 1.39.